The standard InChI is InChI=1S/C20H20N2O5S/c1-3-26-13-18(23)22-28(24,25)17-11-9-15(10-12-17)19-14(2)27-21-20(19)16-7-5-4-6-8-16/h4-12H,3,13H2,1-2H3,(H,22,23). The zero-order valence-electron chi connectivity index (χ0n) is 15.5. The zero-order chi connectivity index (χ0) is 20.1. The van der Waals surface area contributed by atoms with E-state index in [9.17, 15) is 13.2 Å². The van der Waals surface area contributed by atoms with Crippen molar-refractivity contribution in [1.82, 2.24) is 9.88 Å². The van der Waals surface area contributed by atoms with Crippen LogP contribution in [-0.4, -0.2) is 32.7 Å². The van der Waals surface area contributed by atoms with Crippen molar-refractivity contribution in [1.29, 1.82) is 0 Å². The van der Waals surface area contributed by atoms with Crippen molar-refractivity contribution < 1.29 is 22.5 Å². The van der Waals surface area contributed by atoms with Gasteiger partial charge >= 0.3 is 0 Å². The number of aryl methyl sites for hydroxylation is 1. The zero-order valence-corrected chi connectivity index (χ0v) is 16.3. The number of hydrogen-bond acceptors (Lipinski definition) is 6. The minimum Gasteiger partial charge on any atom is -0.372 e. The van der Waals surface area contributed by atoms with Gasteiger partial charge in [0.05, 0.1) is 10.5 Å². The fraction of sp³-hybridized carbons (Fsp3) is 0.200. The van der Waals surface area contributed by atoms with Crippen LogP contribution in [0.1, 0.15) is 12.7 Å². The Morgan fingerprint density at radius 2 is 1.75 bits per heavy atom. The van der Waals surface area contributed by atoms with E-state index in [1.165, 1.54) is 12.1 Å². The van der Waals surface area contributed by atoms with Crippen molar-refractivity contribution in [2.24, 2.45) is 0 Å². The third-order valence-corrected chi connectivity index (χ3v) is 5.44. The van der Waals surface area contributed by atoms with Crippen LogP contribution in [0.5, 0.6) is 0 Å². The Morgan fingerprint density at radius 3 is 2.39 bits per heavy atom. The molecule has 0 saturated heterocycles. The van der Waals surface area contributed by atoms with Crippen LogP contribution >= 0.6 is 0 Å². The number of nitrogens with zero attached hydrogens (tertiary/aromatic N) is 1. The molecule has 1 heterocycles. The molecule has 0 aliphatic rings. The van der Waals surface area contributed by atoms with Crippen molar-refractivity contribution in [3.8, 4) is 22.4 Å². The molecule has 1 amide bonds. The molecule has 3 aromatic rings. The van der Waals surface area contributed by atoms with E-state index in [4.69, 9.17) is 9.26 Å². The largest absolute Gasteiger partial charge is 0.372 e. The summed E-state index contributed by atoms with van der Waals surface area (Å²) in [5.74, 6) is -0.0911. The summed E-state index contributed by atoms with van der Waals surface area (Å²) in [4.78, 5) is 11.6. The summed E-state index contributed by atoms with van der Waals surface area (Å²) in [5.41, 5.74) is 3.13. The summed E-state index contributed by atoms with van der Waals surface area (Å²) in [5, 5.41) is 4.14. The smallest absolute Gasteiger partial charge is 0.264 e. The van der Waals surface area contributed by atoms with E-state index in [1.54, 1.807) is 26.0 Å². The summed E-state index contributed by atoms with van der Waals surface area (Å²) < 4.78 is 36.9. The van der Waals surface area contributed by atoms with Crippen LogP contribution in [-0.2, 0) is 19.6 Å². The van der Waals surface area contributed by atoms with Crippen LogP contribution in [0, 0.1) is 6.92 Å². The second-order valence-corrected chi connectivity index (χ2v) is 7.70. The molecule has 3 rings (SSSR count). The van der Waals surface area contributed by atoms with E-state index in [1.807, 2.05) is 35.1 Å². The monoisotopic (exact) mass is 400 g/mol. The Bertz CT molecular complexity index is 1060. The van der Waals surface area contributed by atoms with Crippen LogP contribution in [0.15, 0.2) is 64.0 Å². The Kier molecular flexibility index (Phi) is 5.91. The topological polar surface area (TPSA) is 98.5 Å². The van der Waals surface area contributed by atoms with Gasteiger partial charge in [-0.1, -0.05) is 47.6 Å². The average Bonchev–Trinajstić information content (AvgIpc) is 3.08. The molecule has 0 aliphatic carbocycles. The number of nitrogens with one attached hydrogen (secondary N) is 1. The third kappa shape index (κ3) is 4.29. The molecule has 28 heavy (non-hydrogen) atoms. The van der Waals surface area contributed by atoms with E-state index in [0.29, 0.717) is 18.1 Å². The number of hydrogen-bond donors (Lipinski definition) is 1. The highest BCUT2D eigenvalue weighted by Gasteiger charge is 2.20. The van der Waals surface area contributed by atoms with E-state index >= 15 is 0 Å². The Hall–Kier alpha value is -2.97. The van der Waals surface area contributed by atoms with Crippen molar-refractivity contribution in [2.45, 2.75) is 18.7 Å². The number of benzene rings is 2. The van der Waals surface area contributed by atoms with Crippen molar-refractivity contribution in [2.75, 3.05) is 13.2 Å². The van der Waals surface area contributed by atoms with Crippen LogP contribution < -0.4 is 4.72 Å². The maximum absolute atomic E-state index is 12.3. The fourth-order valence-electron chi connectivity index (χ4n) is 2.74. The summed E-state index contributed by atoms with van der Waals surface area (Å²) in [6.07, 6.45) is 0. The first-order chi connectivity index (χ1) is 13.4. The minimum absolute atomic E-state index is 0.0172. The fourth-order valence-corrected chi connectivity index (χ4v) is 3.71. The van der Waals surface area contributed by atoms with Gasteiger partial charge < -0.3 is 9.26 Å². The lowest BCUT2D eigenvalue weighted by atomic mass is 10.00. The van der Waals surface area contributed by atoms with Crippen LogP contribution in [0.4, 0.5) is 0 Å². The molecule has 0 bridgehead atoms. The third-order valence-electron chi connectivity index (χ3n) is 4.05. The molecule has 146 valence electrons. The summed E-state index contributed by atoms with van der Waals surface area (Å²) >= 11 is 0. The number of carbonyl (C=O) groups excluding carboxylic acids is 1. The molecule has 0 radical (unpaired) electrons. The number of amides is 1. The number of carbonyl (C=O) groups is 1. The Labute approximate surface area is 163 Å². The van der Waals surface area contributed by atoms with E-state index in [2.05, 4.69) is 5.16 Å². The van der Waals surface area contributed by atoms with Crippen molar-refractivity contribution >= 4 is 15.9 Å². The van der Waals surface area contributed by atoms with Gasteiger partial charge in [-0.25, -0.2) is 13.1 Å². The Balaban J connectivity index is 1.88. The molecule has 0 fully saturated rings. The highest BCUT2D eigenvalue weighted by atomic mass is 32.2. The van der Waals surface area contributed by atoms with E-state index in [-0.39, 0.29) is 11.5 Å². The summed E-state index contributed by atoms with van der Waals surface area (Å²) in [6, 6.07) is 15.8. The quantitative estimate of drug-likeness (QED) is 0.654. The van der Waals surface area contributed by atoms with Gasteiger partial charge in [0.15, 0.2) is 0 Å². The second kappa shape index (κ2) is 8.37. The van der Waals surface area contributed by atoms with Crippen LogP contribution in [0.25, 0.3) is 22.4 Å². The van der Waals surface area contributed by atoms with Gasteiger partial charge in [0.25, 0.3) is 15.9 Å². The molecule has 8 heteroatoms. The number of aromatic nitrogens is 1. The van der Waals surface area contributed by atoms with E-state index in [0.717, 1.165) is 16.7 Å². The van der Waals surface area contributed by atoms with Gasteiger partial charge in [-0.15, -0.1) is 0 Å². The van der Waals surface area contributed by atoms with Gasteiger partial charge in [0.1, 0.15) is 18.1 Å². The van der Waals surface area contributed by atoms with Gasteiger partial charge in [0, 0.05) is 12.2 Å². The molecule has 7 nitrogen and oxygen atoms in total. The lowest BCUT2D eigenvalue weighted by Crippen LogP contribution is -2.33. The van der Waals surface area contributed by atoms with Gasteiger partial charge in [0.2, 0.25) is 0 Å². The van der Waals surface area contributed by atoms with Gasteiger partial charge in [-0.3, -0.25) is 4.79 Å². The van der Waals surface area contributed by atoms with Crippen molar-refractivity contribution in [3.63, 3.8) is 0 Å². The lowest BCUT2D eigenvalue weighted by Gasteiger charge is -2.08. The molecule has 0 aliphatic heterocycles. The highest BCUT2D eigenvalue weighted by molar-refractivity contribution is 7.90. The van der Waals surface area contributed by atoms with Gasteiger partial charge in [-0.2, -0.15) is 0 Å². The maximum Gasteiger partial charge on any atom is 0.264 e. The molecule has 1 aromatic heterocycles. The molecule has 1 N–H and O–H groups in total. The van der Waals surface area contributed by atoms with Crippen LogP contribution in [0.3, 0.4) is 0 Å². The summed E-state index contributed by atoms with van der Waals surface area (Å²) in [7, 11) is -3.97. The molecule has 0 unspecified atom stereocenters. The predicted molar refractivity (Wildman–Crippen MR) is 104 cm³/mol. The van der Waals surface area contributed by atoms with Crippen molar-refractivity contribution in [3.05, 3.63) is 60.4 Å². The molecule has 0 atom stereocenters. The number of ether oxygens (including phenoxy) is 1. The molecule has 2 aromatic carbocycles. The van der Waals surface area contributed by atoms with E-state index < -0.39 is 15.9 Å². The van der Waals surface area contributed by atoms with Gasteiger partial charge in [-0.05, 0) is 31.5 Å². The predicted octanol–water partition coefficient (Wildman–Crippen LogP) is 3.16. The average molecular weight is 400 g/mol. The Morgan fingerprint density at radius 1 is 1.07 bits per heavy atom. The lowest BCUT2D eigenvalue weighted by molar-refractivity contribution is -0.123. The number of rotatable bonds is 7. The van der Waals surface area contributed by atoms with Crippen LogP contribution in [0.2, 0.25) is 0 Å². The normalized spacial score (nSPS) is 11.4. The first-order valence-electron chi connectivity index (χ1n) is 8.68. The molecular formula is C20H20N2O5S. The SMILES string of the molecule is CCOCC(=O)NS(=O)(=O)c1ccc(-c2c(-c3ccccc3)noc2C)cc1. The molecular weight excluding hydrogens is 380 g/mol. The minimum atomic E-state index is -3.97. The highest BCUT2D eigenvalue weighted by Crippen LogP contribution is 2.34. The maximum atomic E-state index is 12.3. The first-order valence-corrected chi connectivity index (χ1v) is 10.2. The molecule has 0 spiro atoms. The summed E-state index contributed by atoms with van der Waals surface area (Å²) in [6.45, 7) is 3.53. The first kappa shape index (κ1) is 19.8. The second-order valence-electron chi connectivity index (χ2n) is 6.02. The molecule has 0 saturated carbocycles. The number of sulfonamides is 1.